The number of hydrogen-bond acceptors (Lipinski definition) is 5. The zero-order valence-corrected chi connectivity index (χ0v) is 16.2. The van der Waals surface area contributed by atoms with E-state index in [2.05, 4.69) is 28.7 Å². The molecular weight excluding hydrogens is 347 g/mol. The molecule has 1 aromatic carbocycles. The van der Waals surface area contributed by atoms with Gasteiger partial charge in [-0.3, -0.25) is 4.79 Å². The Hall–Kier alpha value is -2.70. The van der Waals surface area contributed by atoms with Crippen LogP contribution in [0, 0.1) is 12.7 Å². The van der Waals surface area contributed by atoms with E-state index in [1.54, 1.807) is 11.0 Å². The van der Waals surface area contributed by atoms with Crippen molar-refractivity contribution >= 4 is 11.7 Å². The fourth-order valence-electron chi connectivity index (χ4n) is 3.12. The largest absolute Gasteiger partial charge is 0.494 e. The number of ether oxygens (including phenoxy) is 1. The van der Waals surface area contributed by atoms with E-state index in [1.807, 2.05) is 13.0 Å². The molecule has 1 aromatic heterocycles. The van der Waals surface area contributed by atoms with E-state index in [4.69, 9.17) is 4.74 Å². The van der Waals surface area contributed by atoms with Crippen molar-refractivity contribution in [2.75, 3.05) is 38.2 Å². The summed E-state index contributed by atoms with van der Waals surface area (Å²) in [4.78, 5) is 25.7. The standard InChI is InChI=1S/C20H25FN4O2/c1-13(2)19-22-14(3)11-18(23-19)24-7-9-25(10-8-24)20(26)15-5-6-17(27-4)16(21)12-15/h5-6,11-13H,7-10H2,1-4H3. The van der Waals surface area contributed by atoms with E-state index < -0.39 is 5.82 Å². The number of nitrogens with zero attached hydrogens (tertiary/aromatic N) is 4. The quantitative estimate of drug-likeness (QED) is 0.826. The Labute approximate surface area is 159 Å². The number of aromatic nitrogens is 2. The fraction of sp³-hybridized carbons (Fsp3) is 0.450. The number of aryl methyl sites for hydroxylation is 1. The van der Waals surface area contributed by atoms with Crippen LogP contribution in [0.3, 0.4) is 0 Å². The van der Waals surface area contributed by atoms with Gasteiger partial charge in [0.2, 0.25) is 0 Å². The molecule has 27 heavy (non-hydrogen) atoms. The van der Waals surface area contributed by atoms with Gasteiger partial charge in [0, 0.05) is 49.4 Å². The predicted octanol–water partition coefficient (Wildman–Crippen LogP) is 3.02. The van der Waals surface area contributed by atoms with Gasteiger partial charge in [-0.15, -0.1) is 0 Å². The van der Waals surface area contributed by atoms with Crippen LogP contribution in [0.1, 0.15) is 41.6 Å². The molecule has 144 valence electrons. The van der Waals surface area contributed by atoms with Gasteiger partial charge < -0.3 is 14.5 Å². The summed E-state index contributed by atoms with van der Waals surface area (Å²) in [6.45, 7) is 8.59. The number of methoxy groups -OCH3 is 1. The lowest BCUT2D eigenvalue weighted by atomic mass is 10.1. The molecule has 0 saturated carbocycles. The van der Waals surface area contributed by atoms with Crippen molar-refractivity contribution in [2.45, 2.75) is 26.7 Å². The number of rotatable bonds is 4. The Morgan fingerprint density at radius 1 is 1.15 bits per heavy atom. The summed E-state index contributed by atoms with van der Waals surface area (Å²) in [6, 6.07) is 6.29. The van der Waals surface area contributed by atoms with Crippen molar-refractivity contribution in [1.29, 1.82) is 0 Å². The molecule has 1 aliphatic rings. The van der Waals surface area contributed by atoms with Crippen molar-refractivity contribution in [2.24, 2.45) is 0 Å². The minimum absolute atomic E-state index is 0.136. The number of benzene rings is 1. The van der Waals surface area contributed by atoms with Crippen molar-refractivity contribution < 1.29 is 13.9 Å². The van der Waals surface area contributed by atoms with Gasteiger partial charge in [0.1, 0.15) is 11.6 Å². The normalized spacial score (nSPS) is 14.6. The topological polar surface area (TPSA) is 58.6 Å². The molecule has 1 aliphatic heterocycles. The van der Waals surface area contributed by atoms with Crippen LogP contribution in [-0.2, 0) is 0 Å². The van der Waals surface area contributed by atoms with Crippen molar-refractivity contribution in [3.63, 3.8) is 0 Å². The molecule has 1 amide bonds. The van der Waals surface area contributed by atoms with Gasteiger partial charge in [0.15, 0.2) is 11.6 Å². The molecule has 0 spiro atoms. The van der Waals surface area contributed by atoms with Crippen LogP contribution in [0.25, 0.3) is 0 Å². The van der Waals surface area contributed by atoms with Gasteiger partial charge in [0.25, 0.3) is 5.91 Å². The van der Waals surface area contributed by atoms with Crippen molar-refractivity contribution in [1.82, 2.24) is 14.9 Å². The van der Waals surface area contributed by atoms with Gasteiger partial charge in [0.05, 0.1) is 7.11 Å². The smallest absolute Gasteiger partial charge is 0.254 e. The Morgan fingerprint density at radius 3 is 2.44 bits per heavy atom. The highest BCUT2D eigenvalue weighted by Crippen LogP contribution is 2.21. The third-order valence-electron chi connectivity index (χ3n) is 4.66. The number of amides is 1. The number of carbonyl (C=O) groups is 1. The lowest BCUT2D eigenvalue weighted by Gasteiger charge is -2.35. The second kappa shape index (κ2) is 7.90. The molecule has 2 heterocycles. The number of carbonyl (C=O) groups excluding carboxylic acids is 1. The zero-order chi connectivity index (χ0) is 19.6. The second-order valence-corrected chi connectivity index (χ2v) is 7.01. The minimum atomic E-state index is -0.528. The number of piperazine rings is 1. The van der Waals surface area contributed by atoms with Gasteiger partial charge in [-0.05, 0) is 25.1 Å². The monoisotopic (exact) mass is 372 g/mol. The van der Waals surface area contributed by atoms with Crippen molar-refractivity contribution in [3.8, 4) is 5.75 Å². The first-order chi connectivity index (χ1) is 12.9. The van der Waals surface area contributed by atoms with Gasteiger partial charge in [-0.25, -0.2) is 14.4 Å². The maximum Gasteiger partial charge on any atom is 0.254 e. The molecule has 7 heteroatoms. The summed E-state index contributed by atoms with van der Waals surface area (Å²) >= 11 is 0. The van der Waals surface area contributed by atoms with Gasteiger partial charge >= 0.3 is 0 Å². The molecule has 0 atom stereocenters. The summed E-state index contributed by atoms with van der Waals surface area (Å²) in [5, 5.41) is 0. The molecule has 0 N–H and O–H groups in total. The van der Waals surface area contributed by atoms with Crippen LogP contribution in [0.5, 0.6) is 5.75 Å². The zero-order valence-electron chi connectivity index (χ0n) is 16.2. The summed E-state index contributed by atoms with van der Waals surface area (Å²) in [5.41, 5.74) is 1.28. The maximum atomic E-state index is 13.9. The van der Waals surface area contributed by atoms with Gasteiger partial charge in [-0.2, -0.15) is 0 Å². The Kier molecular flexibility index (Phi) is 5.58. The third-order valence-corrected chi connectivity index (χ3v) is 4.66. The Balaban J connectivity index is 1.68. The molecule has 3 rings (SSSR count). The highest BCUT2D eigenvalue weighted by Gasteiger charge is 2.24. The molecular formula is C20H25FN4O2. The van der Waals surface area contributed by atoms with Crippen LogP contribution in [0.2, 0.25) is 0 Å². The molecule has 6 nitrogen and oxygen atoms in total. The number of anilines is 1. The Bertz CT molecular complexity index is 833. The van der Waals surface area contributed by atoms with E-state index in [0.717, 1.165) is 17.3 Å². The van der Waals surface area contributed by atoms with Crippen LogP contribution in [-0.4, -0.2) is 54.1 Å². The predicted molar refractivity (Wildman–Crippen MR) is 102 cm³/mol. The summed E-state index contributed by atoms with van der Waals surface area (Å²) in [5.74, 6) is 1.43. The SMILES string of the molecule is COc1ccc(C(=O)N2CCN(c3cc(C)nc(C(C)C)n3)CC2)cc1F. The summed E-state index contributed by atoms with van der Waals surface area (Å²) in [7, 11) is 1.40. The maximum absolute atomic E-state index is 13.9. The molecule has 0 unspecified atom stereocenters. The van der Waals surface area contributed by atoms with E-state index in [0.29, 0.717) is 31.7 Å². The van der Waals surface area contributed by atoms with Crippen LogP contribution < -0.4 is 9.64 Å². The average Bonchev–Trinajstić information content (AvgIpc) is 2.67. The lowest BCUT2D eigenvalue weighted by molar-refractivity contribution is 0.0746. The highest BCUT2D eigenvalue weighted by molar-refractivity contribution is 5.94. The molecule has 0 bridgehead atoms. The first kappa shape index (κ1) is 19.1. The average molecular weight is 372 g/mol. The molecule has 1 saturated heterocycles. The van der Waals surface area contributed by atoms with Crippen LogP contribution in [0.4, 0.5) is 10.2 Å². The fourth-order valence-corrected chi connectivity index (χ4v) is 3.12. The first-order valence-corrected chi connectivity index (χ1v) is 9.12. The molecule has 0 aliphatic carbocycles. The van der Waals surface area contributed by atoms with E-state index in [1.165, 1.54) is 19.2 Å². The van der Waals surface area contributed by atoms with E-state index in [9.17, 15) is 9.18 Å². The Morgan fingerprint density at radius 2 is 1.85 bits per heavy atom. The van der Waals surface area contributed by atoms with Gasteiger partial charge in [-0.1, -0.05) is 13.8 Å². The molecule has 0 radical (unpaired) electrons. The second-order valence-electron chi connectivity index (χ2n) is 7.01. The van der Waals surface area contributed by atoms with Crippen molar-refractivity contribution in [3.05, 3.63) is 47.2 Å². The summed E-state index contributed by atoms with van der Waals surface area (Å²) < 4.78 is 18.8. The molecule has 1 fully saturated rings. The highest BCUT2D eigenvalue weighted by atomic mass is 19.1. The third kappa shape index (κ3) is 4.18. The van der Waals surface area contributed by atoms with Crippen LogP contribution >= 0.6 is 0 Å². The first-order valence-electron chi connectivity index (χ1n) is 9.12. The minimum Gasteiger partial charge on any atom is -0.494 e. The number of hydrogen-bond donors (Lipinski definition) is 0. The van der Waals surface area contributed by atoms with Crippen LogP contribution in [0.15, 0.2) is 24.3 Å². The molecule has 2 aromatic rings. The lowest BCUT2D eigenvalue weighted by Crippen LogP contribution is -2.49. The van der Waals surface area contributed by atoms with E-state index >= 15 is 0 Å². The van der Waals surface area contributed by atoms with E-state index in [-0.39, 0.29) is 17.6 Å². The number of halogens is 1. The summed E-state index contributed by atoms with van der Waals surface area (Å²) in [6.07, 6.45) is 0.